The Hall–Kier alpha value is -2.62. The van der Waals surface area contributed by atoms with E-state index in [1.54, 1.807) is 0 Å². The molecule has 0 unspecified atom stereocenters. The Bertz CT molecular complexity index is 524. The molecular weight excluding hydrogens is 243 g/mol. The largest absolute Gasteiger partial charge is 0.480 e. The van der Waals surface area contributed by atoms with Crippen molar-refractivity contribution < 1.29 is 19.2 Å². The van der Waals surface area contributed by atoms with Gasteiger partial charge in [-0.05, 0) is 12.1 Å². The molecular formula is C11H9FN2O4. The molecule has 0 bridgehead atoms. The highest BCUT2D eigenvalue weighted by molar-refractivity contribution is 5.76. The second-order valence-corrected chi connectivity index (χ2v) is 3.34. The van der Waals surface area contributed by atoms with Crippen LogP contribution in [0.5, 0.6) is 0 Å². The fraction of sp³-hybridized carbons (Fsp3) is 0.182. The quantitative estimate of drug-likeness (QED) is 0.484. The zero-order valence-electron chi connectivity index (χ0n) is 9.17. The van der Waals surface area contributed by atoms with E-state index < -0.39 is 28.9 Å². The molecule has 0 spiro atoms. The molecule has 0 amide bonds. The molecule has 7 heteroatoms. The second-order valence-electron chi connectivity index (χ2n) is 3.34. The summed E-state index contributed by atoms with van der Waals surface area (Å²) in [5.74, 6) is 0.231. The number of carboxylic acids is 1. The first-order chi connectivity index (χ1) is 8.45. The van der Waals surface area contributed by atoms with Gasteiger partial charge in [-0.25, -0.2) is 4.39 Å². The van der Waals surface area contributed by atoms with Crippen LogP contribution in [0.25, 0.3) is 0 Å². The van der Waals surface area contributed by atoms with Gasteiger partial charge in [-0.15, -0.1) is 6.42 Å². The summed E-state index contributed by atoms with van der Waals surface area (Å²) >= 11 is 0. The third kappa shape index (κ3) is 3.18. The predicted molar refractivity (Wildman–Crippen MR) is 61.7 cm³/mol. The van der Waals surface area contributed by atoms with Gasteiger partial charge in [0.05, 0.1) is 17.5 Å². The topological polar surface area (TPSA) is 83.7 Å². The molecule has 1 N–H and O–H groups in total. The van der Waals surface area contributed by atoms with Crippen molar-refractivity contribution in [1.29, 1.82) is 0 Å². The number of hydrogen-bond donors (Lipinski definition) is 1. The molecule has 0 radical (unpaired) electrons. The van der Waals surface area contributed by atoms with Crippen molar-refractivity contribution in [1.82, 2.24) is 0 Å². The minimum atomic E-state index is -1.19. The lowest BCUT2D eigenvalue weighted by atomic mass is 10.2. The van der Waals surface area contributed by atoms with E-state index in [2.05, 4.69) is 5.92 Å². The van der Waals surface area contributed by atoms with Gasteiger partial charge in [-0.1, -0.05) is 5.92 Å². The van der Waals surface area contributed by atoms with E-state index in [-0.39, 0.29) is 12.2 Å². The Morgan fingerprint density at radius 3 is 2.78 bits per heavy atom. The van der Waals surface area contributed by atoms with Crippen molar-refractivity contribution >= 4 is 17.3 Å². The predicted octanol–water partition coefficient (Wildman–Crippen LogP) is 1.26. The van der Waals surface area contributed by atoms with Gasteiger partial charge in [-0.2, -0.15) is 0 Å². The normalized spacial score (nSPS) is 9.56. The third-order valence-corrected chi connectivity index (χ3v) is 2.08. The number of rotatable bonds is 5. The molecule has 0 heterocycles. The van der Waals surface area contributed by atoms with Gasteiger partial charge in [0.25, 0.3) is 5.69 Å². The third-order valence-electron chi connectivity index (χ3n) is 2.08. The molecule has 0 saturated heterocycles. The first-order valence-corrected chi connectivity index (χ1v) is 4.80. The molecule has 0 aliphatic rings. The van der Waals surface area contributed by atoms with Crippen LogP contribution in [0.2, 0.25) is 0 Å². The molecule has 0 atom stereocenters. The van der Waals surface area contributed by atoms with Gasteiger partial charge in [-0.3, -0.25) is 14.9 Å². The highest BCUT2D eigenvalue weighted by Gasteiger charge is 2.21. The molecule has 1 aromatic rings. The van der Waals surface area contributed by atoms with E-state index in [0.29, 0.717) is 0 Å². The maximum Gasteiger partial charge on any atom is 0.323 e. The van der Waals surface area contributed by atoms with Crippen LogP contribution in [0, 0.1) is 28.3 Å². The minimum Gasteiger partial charge on any atom is -0.480 e. The Balaban J connectivity index is 3.22. The van der Waals surface area contributed by atoms with E-state index in [9.17, 15) is 19.3 Å². The number of terminal acetylenes is 1. The number of halogens is 1. The van der Waals surface area contributed by atoms with E-state index in [1.165, 1.54) is 0 Å². The summed E-state index contributed by atoms with van der Waals surface area (Å²) in [7, 11) is 0. The monoisotopic (exact) mass is 252 g/mol. The summed E-state index contributed by atoms with van der Waals surface area (Å²) in [6.45, 7) is -0.630. The summed E-state index contributed by atoms with van der Waals surface area (Å²) < 4.78 is 12.9. The Morgan fingerprint density at radius 2 is 2.28 bits per heavy atom. The number of anilines is 1. The van der Waals surface area contributed by atoms with Crippen LogP contribution in [0.15, 0.2) is 18.2 Å². The lowest BCUT2D eigenvalue weighted by molar-refractivity contribution is -0.384. The summed E-state index contributed by atoms with van der Waals surface area (Å²) in [5.41, 5.74) is -0.548. The van der Waals surface area contributed by atoms with E-state index >= 15 is 0 Å². The zero-order valence-corrected chi connectivity index (χ0v) is 9.17. The smallest absolute Gasteiger partial charge is 0.323 e. The van der Waals surface area contributed by atoms with Crippen LogP contribution in [0.1, 0.15) is 0 Å². The van der Waals surface area contributed by atoms with Crippen molar-refractivity contribution in [2.45, 2.75) is 0 Å². The molecule has 18 heavy (non-hydrogen) atoms. The SMILES string of the molecule is C#CCN(CC(=O)O)c1ccc(F)cc1[N+](=O)[O-]. The lowest BCUT2D eigenvalue weighted by Crippen LogP contribution is -2.30. The van der Waals surface area contributed by atoms with Crippen LogP contribution in [0.4, 0.5) is 15.8 Å². The number of carboxylic acid groups (broad SMARTS) is 1. The fourth-order valence-corrected chi connectivity index (χ4v) is 1.41. The average molecular weight is 252 g/mol. The molecule has 0 fully saturated rings. The molecule has 0 aromatic heterocycles. The molecule has 0 aliphatic carbocycles. The maximum absolute atomic E-state index is 12.9. The van der Waals surface area contributed by atoms with Gasteiger partial charge < -0.3 is 10.0 Å². The summed E-state index contributed by atoms with van der Waals surface area (Å²) in [4.78, 5) is 21.8. The summed E-state index contributed by atoms with van der Waals surface area (Å²) in [6, 6.07) is 2.86. The first kappa shape index (κ1) is 13.4. The minimum absolute atomic E-state index is 0.0262. The number of nitro benzene ring substituents is 1. The van der Waals surface area contributed by atoms with Gasteiger partial charge in [0.15, 0.2) is 0 Å². The molecule has 94 valence electrons. The van der Waals surface area contributed by atoms with E-state index in [0.717, 1.165) is 23.1 Å². The van der Waals surface area contributed by atoms with Crippen LogP contribution in [-0.4, -0.2) is 29.1 Å². The zero-order chi connectivity index (χ0) is 13.7. The molecule has 0 saturated carbocycles. The van der Waals surface area contributed by atoms with Gasteiger partial charge in [0, 0.05) is 0 Å². The molecule has 6 nitrogen and oxygen atoms in total. The molecule has 0 aliphatic heterocycles. The van der Waals surface area contributed by atoms with Gasteiger partial charge in [0.1, 0.15) is 18.0 Å². The van der Waals surface area contributed by atoms with Gasteiger partial charge in [0.2, 0.25) is 0 Å². The van der Waals surface area contributed by atoms with Crippen LogP contribution < -0.4 is 4.90 Å². The van der Waals surface area contributed by atoms with Gasteiger partial charge >= 0.3 is 5.97 Å². The Morgan fingerprint density at radius 1 is 1.61 bits per heavy atom. The number of hydrogen-bond acceptors (Lipinski definition) is 4. The highest BCUT2D eigenvalue weighted by Crippen LogP contribution is 2.28. The Labute approximate surface area is 102 Å². The molecule has 1 aromatic carbocycles. The Kier molecular flexibility index (Phi) is 4.21. The highest BCUT2D eigenvalue weighted by atomic mass is 19.1. The standard InChI is InChI=1S/C11H9FN2O4/c1-2-5-13(7-11(15)16)9-4-3-8(12)6-10(9)14(17)18/h1,3-4,6H,5,7H2,(H,15,16). The van der Waals surface area contributed by atoms with Crippen molar-refractivity contribution in [2.75, 3.05) is 18.0 Å². The maximum atomic E-state index is 12.9. The second kappa shape index (κ2) is 5.63. The number of nitro groups is 1. The number of benzene rings is 1. The molecule has 1 rings (SSSR count). The van der Waals surface area contributed by atoms with Crippen molar-refractivity contribution in [3.63, 3.8) is 0 Å². The van der Waals surface area contributed by atoms with Crippen molar-refractivity contribution in [3.05, 3.63) is 34.1 Å². The van der Waals surface area contributed by atoms with E-state index in [1.807, 2.05) is 0 Å². The fourth-order valence-electron chi connectivity index (χ4n) is 1.41. The number of carbonyl (C=O) groups is 1. The van der Waals surface area contributed by atoms with Crippen molar-refractivity contribution in [2.24, 2.45) is 0 Å². The average Bonchev–Trinajstić information content (AvgIpc) is 2.27. The summed E-state index contributed by atoms with van der Waals surface area (Å²) in [6.07, 6.45) is 5.07. The number of nitrogens with zero attached hydrogens (tertiary/aromatic N) is 2. The number of aliphatic carboxylic acids is 1. The van der Waals surface area contributed by atoms with E-state index in [4.69, 9.17) is 11.5 Å². The lowest BCUT2D eigenvalue weighted by Gasteiger charge is -2.19. The van der Waals surface area contributed by atoms with Crippen molar-refractivity contribution in [3.8, 4) is 12.3 Å². The van der Waals surface area contributed by atoms with Crippen LogP contribution >= 0.6 is 0 Å². The first-order valence-electron chi connectivity index (χ1n) is 4.80. The van der Waals surface area contributed by atoms with Crippen LogP contribution in [0.3, 0.4) is 0 Å². The van der Waals surface area contributed by atoms with Crippen LogP contribution in [-0.2, 0) is 4.79 Å². The summed E-state index contributed by atoms with van der Waals surface area (Å²) in [5, 5.41) is 19.5.